The van der Waals surface area contributed by atoms with E-state index in [1.165, 1.54) is 25.5 Å². The number of methoxy groups -OCH3 is 1. The summed E-state index contributed by atoms with van der Waals surface area (Å²) in [5, 5.41) is 14.6. The Balaban J connectivity index is 1.68. The van der Waals surface area contributed by atoms with Crippen LogP contribution >= 0.6 is 0 Å². The first kappa shape index (κ1) is 19.5. The van der Waals surface area contributed by atoms with E-state index in [1.54, 1.807) is 42.5 Å². The van der Waals surface area contributed by atoms with E-state index in [-0.39, 0.29) is 17.5 Å². The molecule has 9 heteroatoms. The van der Waals surface area contributed by atoms with Crippen LogP contribution in [0.1, 0.15) is 15.9 Å². The van der Waals surface area contributed by atoms with E-state index in [4.69, 9.17) is 9.47 Å². The van der Waals surface area contributed by atoms with Crippen LogP contribution in [0.5, 0.6) is 17.4 Å². The number of ether oxygens (including phenoxy) is 2. The molecule has 0 saturated heterocycles. The van der Waals surface area contributed by atoms with Gasteiger partial charge in [-0.1, -0.05) is 18.2 Å². The zero-order chi connectivity index (χ0) is 20.6. The third-order valence-corrected chi connectivity index (χ3v) is 3.75. The Kier molecular flexibility index (Phi) is 6.11. The normalized spacial score (nSPS) is 10.5. The van der Waals surface area contributed by atoms with Crippen LogP contribution in [0.3, 0.4) is 0 Å². The summed E-state index contributed by atoms with van der Waals surface area (Å²) in [7, 11) is 1.48. The Morgan fingerprint density at radius 1 is 1.14 bits per heavy atom. The number of hydrazone groups is 1. The number of hydrogen-bond donors (Lipinski definition) is 1. The molecule has 0 unspecified atom stereocenters. The fourth-order valence-corrected chi connectivity index (χ4v) is 2.32. The van der Waals surface area contributed by atoms with Gasteiger partial charge < -0.3 is 9.47 Å². The highest BCUT2D eigenvalue weighted by Gasteiger charge is 2.10. The summed E-state index contributed by atoms with van der Waals surface area (Å²) >= 11 is 0. The van der Waals surface area contributed by atoms with Crippen molar-refractivity contribution in [3.63, 3.8) is 0 Å². The summed E-state index contributed by atoms with van der Waals surface area (Å²) in [6.45, 7) is 0. The minimum absolute atomic E-state index is 0.131. The largest absolute Gasteiger partial charge is 0.493 e. The van der Waals surface area contributed by atoms with E-state index in [2.05, 4.69) is 15.5 Å². The third-order valence-electron chi connectivity index (χ3n) is 3.75. The lowest BCUT2D eigenvalue weighted by molar-refractivity contribution is -0.385. The van der Waals surface area contributed by atoms with Crippen LogP contribution in [-0.2, 0) is 0 Å². The van der Waals surface area contributed by atoms with Crippen molar-refractivity contribution < 1.29 is 19.2 Å². The van der Waals surface area contributed by atoms with Crippen LogP contribution < -0.4 is 14.9 Å². The molecule has 29 heavy (non-hydrogen) atoms. The Morgan fingerprint density at radius 3 is 2.59 bits per heavy atom. The van der Waals surface area contributed by atoms with E-state index >= 15 is 0 Å². The molecule has 1 heterocycles. The number of carbonyl (C=O) groups is 1. The highest BCUT2D eigenvalue weighted by atomic mass is 16.6. The van der Waals surface area contributed by atoms with Crippen LogP contribution in [0.15, 0.2) is 72.0 Å². The summed E-state index contributed by atoms with van der Waals surface area (Å²) in [4.78, 5) is 26.0. The molecule has 2 aromatic carbocycles. The quantitative estimate of drug-likeness (QED) is 0.373. The summed E-state index contributed by atoms with van der Waals surface area (Å²) in [6.07, 6.45) is 2.58. The first-order chi connectivity index (χ1) is 14.1. The van der Waals surface area contributed by atoms with E-state index < -0.39 is 4.92 Å². The number of rotatable bonds is 7. The minimum Gasteiger partial charge on any atom is -0.493 e. The standard InChI is InChI=1S/C20H16N4O5/c1-28-18-11-14(12-22-23-20(25)15-5-3-2-4-6-15)7-9-17(18)29-19-10-8-16(13-21-19)24(26)27/h2-13H,1H3,(H,23,25)/b22-12-. The molecule has 1 N–H and O–H groups in total. The first-order valence-electron chi connectivity index (χ1n) is 8.41. The van der Waals surface area contributed by atoms with Gasteiger partial charge >= 0.3 is 0 Å². The van der Waals surface area contributed by atoms with Gasteiger partial charge in [-0.3, -0.25) is 14.9 Å². The molecule has 0 atom stereocenters. The summed E-state index contributed by atoms with van der Waals surface area (Å²) in [5.41, 5.74) is 3.48. The lowest BCUT2D eigenvalue weighted by Crippen LogP contribution is -2.17. The Morgan fingerprint density at radius 2 is 1.93 bits per heavy atom. The van der Waals surface area contributed by atoms with Gasteiger partial charge in [0.1, 0.15) is 6.20 Å². The molecule has 0 aliphatic heterocycles. The molecule has 1 aromatic heterocycles. The Bertz CT molecular complexity index is 1040. The minimum atomic E-state index is -0.540. The summed E-state index contributed by atoms with van der Waals surface area (Å²) in [5.74, 6) is 0.645. The number of amides is 1. The number of benzene rings is 2. The van der Waals surface area contributed by atoms with Gasteiger partial charge in [-0.25, -0.2) is 10.4 Å². The monoisotopic (exact) mass is 392 g/mol. The zero-order valence-corrected chi connectivity index (χ0v) is 15.3. The van der Waals surface area contributed by atoms with Crippen LogP contribution in [0.4, 0.5) is 5.69 Å². The molecule has 9 nitrogen and oxygen atoms in total. The second kappa shape index (κ2) is 9.09. The topological polar surface area (TPSA) is 116 Å². The van der Waals surface area contributed by atoms with Crippen molar-refractivity contribution in [3.8, 4) is 17.4 Å². The zero-order valence-electron chi connectivity index (χ0n) is 15.3. The van der Waals surface area contributed by atoms with E-state index in [0.29, 0.717) is 22.6 Å². The molecular weight excluding hydrogens is 376 g/mol. The number of carbonyl (C=O) groups excluding carboxylic acids is 1. The van der Waals surface area contributed by atoms with Crippen LogP contribution in [-0.4, -0.2) is 29.1 Å². The average Bonchev–Trinajstić information content (AvgIpc) is 2.75. The molecule has 0 radical (unpaired) electrons. The number of hydrogen-bond acceptors (Lipinski definition) is 7. The fraction of sp³-hybridized carbons (Fsp3) is 0.0500. The molecule has 0 aliphatic carbocycles. The van der Waals surface area contributed by atoms with Gasteiger partial charge in [0.25, 0.3) is 11.6 Å². The van der Waals surface area contributed by atoms with Crippen molar-refractivity contribution in [2.45, 2.75) is 0 Å². The number of pyridine rings is 1. The van der Waals surface area contributed by atoms with Gasteiger partial charge in [-0.05, 0) is 35.9 Å². The second-order valence-corrected chi connectivity index (χ2v) is 5.69. The van der Waals surface area contributed by atoms with Gasteiger partial charge in [0.15, 0.2) is 11.5 Å². The van der Waals surface area contributed by atoms with Crippen molar-refractivity contribution in [2.24, 2.45) is 5.10 Å². The predicted molar refractivity (Wildman–Crippen MR) is 105 cm³/mol. The third kappa shape index (κ3) is 5.13. The highest BCUT2D eigenvalue weighted by molar-refractivity contribution is 5.94. The maximum absolute atomic E-state index is 12.0. The highest BCUT2D eigenvalue weighted by Crippen LogP contribution is 2.31. The molecule has 1 amide bonds. The average molecular weight is 392 g/mol. The Labute approximate surface area is 165 Å². The fourth-order valence-electron chi connectivity index (χ4n) is 2.32. The van der Waals surface area contributed by atoms with Crippen LogP contribution in [0.2, 0.25) is 0 Å². The van der Waals surface area contributed by atoms with Crippen molar-refractivity contribution in [2.75, 3.05) is 7.11 Å². The molecule has 3 rings (SSSR count). The van der Waals surface area contributed by atoms with E-state index in [9.17, 15) is 14.9 Å². The molecule has 146 valence electrons. The molecule has 0 fully saturated rings. The maximum atomic E-state index is 12.0. The van der Waals surface area contributed by atoms with Crippen molar-refractivity contribution in [1.82, 2.24) is 10.4 Å². The van der Waals surface area contributed by atoms with Crippen molar-refractivity contribution in [3.05, 3.63) is 88.1 Å². The van der Waals surface area contributed by atoms with Gasteiger partial charge in [0, 0.05) is 17.7 Å². The molecule has 3 aromatic rings. The van der Waals surface area contributed by atoms with Crippen LogP contribution in [0.25, 0.3) is 0 Å². The van der Waals surface area contributed by atoms with Gasteiger partial charge in [-0.15, -0.1) is 0 Å². The lowest BCUT2D eigenvalue weighted by atomic mass is 10.2. The lowest BCUT2D eigenvalue weighted by Gasteiger charge is -2.10. The SMILES string of the molecule is COc1cc(/C=N\NC(=O)c2ccccc2)ccc1Oc1ccc([N+](=O)[O-])cn1. The number of nitrogens with one attached hydrogen (secondary N) is 1. The molecule has 0 bridgehead atoms. The first-order valence-corrected chi connectivity index (χ1v) is 8.41. The number of nitro groups is 1. The molecule has 0 saturated carbocycles. The molecular formula is C20H16N4O5. The maximum Gasteiger partial charge on any atom is 0.287 e. The summed E-state index contributed by atoms with van der Waals surface area (Å²) in [6, 6.07) is 16.4. The molecule has 0 aliphatic rings. The van der Waals surface area contributed by atoms with E-state index in [0.717, 1.165) is 6.20 Å². The smallest absolute Gasteiger partial charge is 0.287 e. The number of nitrogens with zero attached hydrogens (tertiary/aromatic N) is 3. The van der Waals surface area contributed by atoms with Gasteiger partial charge in [-0.2, -0.15) is 5.10 Å². The predicted octanol–water partition coefficient (Wildman–Crippen LogP) is 3.55. The number of aromatic nitrogens is 1. The second-order valence-electron chi connectivity index (χ2n) is 5.69. The van der Waals surface area contributed by atoms with Crippen molar-refractivity contribution >= 4 is 17.8 Å². The molecule has 0 spiro atoms. The van der Waals surface area contributed by atoms with Gasteiger partial charge in [0.05, 0.1) is 18.2 Å². The van der Waals surface area contributed by atoms with Crippen molar-refractivity contribution in [1.29, 1.82) is 0 Å². The van der Waals surface area contributed by atoms with E-state index in [1.807, 2.05) is 6.07 Å². The van der Waals surface area contributed by atoms with Gasteiger partial charge in [0.2, 0.25) is 5.88 Å². The Hall–Kier alpha value is -4.27. The van der Waals surface area contributed by atoms with Crippen LogP contribution in [0, 0.1) is 10.1 Å². The summed E-state index contributed by atoms with van der Waals surface area (Å²) < 4.78 is 10.9.